The number of esters is 1. The van der Waals surface area contributed by atoms with Crippen LogP contribution in [0.15, 0.2) is 11.8 Å². The van der Waals surface area contributed by atoms with E-state index in [9.17, 15) is 14.4 Å². The van der Waals surface area contributed by atoms with Gasteiger partial charge >= 0.3 is 5.97 Å². The van der Waals surface area contributed by atoms with E-state index in [-0.39, 0.29) is 24.2 Å². The standard InChI is InChI=1S/C28H46N2O4/c1-3-5-6-7-8-12-18-30-24-16-13-17-28(24,27(33)34-4-2)20-23(26(30)32)19-25(31)29-21-22-14-10-9-11-15-22/h16,22-23H,3-15,17-21H2,1-2H3,(H,29,31)/t23-,28+/m1/s1. The van der Waals surface area contributed by atoms with Crippen molar-refractivity contribution in [2.75, 3.05) is 19.7 Å². The number of hydrogen-bond donors (Lipinski definition) is 1. The van der Waals surface area contributed by atoms with Crippen LogP contribution in [-0.2, 0) is 19.1 Å². The molecule has 2 atom stereocenters. The molecule has 2 fully saturated rings. The van der Waals surface area contributed by atoms with E-state index in [1.165, 1.54) is 57.8 Å². The van der Waals surface area contributed by atoms with Crippen LogP contribution >= 0.6 is 0 Å². The summed E-state index contributed by atoms with van der Waals surface area (Å²) in [6.07, 6.45) is 17.0. The molecule has 1 aliphatic heterocycles. The number of piperidine rings is 1. The molecule has 6 heteroatoms. The van der Waals surface area contributed by atoms with E-state index < -0.39 is 11.3 Å². The van der Waals surface area contributed by atoms with E-state index in [0.717, 1.165) is 25.0 Å². The Bertz CT molecular complexity index is 728. The zero-order valence-electron chi connectivity index (χ0n) is 21.5. The molecular formula is C28H46N2O4. The summed E-state index contributed by atoms with van der Waals surface area (Å²) < 4.78 is 5.50. The Morgan fingerprint density at radius 1 is 1.09 bits per heavy atom. The summed E-state index contributed by atoms with van der Waals surface area (Å²) in [4.78, 5) is 41.4. The lowest BCUT2D eigenvalue weighted by Gasteiger charge is -2.44. The quantitative estimate of drug-likeness (QED) is 0.282. The minimum absolute atomic E-state index is 0.00875. The smallest absolute Gasteiger partial charge is 0.318 e. The Balaban J connectivity index is 1.66. The molecule has 34 heavy (non-hydrogen) atoms. The van der Waals surface area contributed by atoms with Crippen LogP contribution < -0.4 is 5.32 Å². The number of ether oxygens (including phenoxy) is 1. The molecule has 3 rings (SSSR count). The lowest BCUT2D eigenvalue weighted by atomic mass is 9.71. The fraction of sp³-hybridized carbons (Fsp3) is 0.821. The van der Waals surface area contributed by atoms with Crippen molar-refractivity contribution in [1.29, 1.82) is 0 Å². The third-order valence-electron chi connectivity index (χ3n) is 8.05. The number of likely N-dealkylation sites (tertiary alicyclic amines) is 1. The average Bonchev–Trinajstić information content (AvgIpc) is 3.27. The molecular weight excluding hydrogens is 428 g/mol. The van der Waals surface area contributed by atoms with Crippen LogP contribution in [0.25, 0.3) is 0 Å². The lowest BCUT2D eigenvalue weighted by molar-refractivity contribution is -0.160. The van der Waals surface area contributed by atoms with Crippen LogP contribution in [0.2, 0.25) is 0 Å². The Hall–Kier alpha value is -1.85. The molecule has 1 saturated carbocycles. The molecule has 2 aliphatic carbocycles. The summed E-state index contributed by atoms with van der Waals surface area (Å²) in [5, 5.41) is 3.09. The topological polar surface area (TPSA) is 75.7 Å². The number of nitrogens with one attached hydrogen (secondary N) is 1. The lowest BCUT2D eigenvalue weighted by Crippen LogP contribution is -2.52. The molecule has 0 aromatic rings. The van der Waals surface area contributed by atoms with Gasteiger partial charge in [0, 0.05) is 31.1 Å². The van der Waals surface area contributed by atoms with Crippen LogP contribution in [0.5, 0.6) is 0 Å². The van der Waals surface area contributed by atoms with Crippen molar-refractivity contribution in [1.82, 2.24) is 10.2 Å². The highest BCUT2D eigenvalue weighted by atomic mass is 16.5. The van der Waals surface area contributed by atoms with E-state index in [1.54, 1.807) is 0 Å². The second-order valence-corrected chi connectivity index (χ2v) is 10.6. The third-order valence-corrected chi connectivity index (χ3v) is 8.05. The van der Waals surface area contributed by atoms with Crippen molar-refractivity contribution in [3.05, 3.63) is 11.8 Å². The molecule has 192 valence electrons. The van der Waals surface area contributed by atoms with Gasteiger partial charge in [0.2, 0.25) is 11.8 Å². The van der Waals surface area contributed by atoms with Gasteiger partial charge in [-0.1, -0.05) is 64.4 Å². The number of unbranched alkanes of at least 4 members (excludes halogenated alkanes) is 5. The predicted molar refractivity (Wildman–Crippen MR) is 134 cm³/mol. The summed E-state index contributed by atoms with van der Waals surface area (Å²) in [7, 11) is 0. The van der Waals surface area contributed by atoms with Crippen molar-refractivity contribution >= 4 is 17.8 Å². The van der Waals surface area contributed by atoms with E-state index in [2.05, 4.69) is 18.3 Å². The molecule has 0 spiro atoms. The maximum absolute atomic E-state index is 13.6. The third kappa shape index (κ3) is 6.63. The summed E-state index contributed by atoms with van der Waals surface area (Å²) in [5.74, 6) is -0.195. The highest BCUT2D eigenvalue weighted by molar-refractivity contribution is 5.92. The first-order chi connectivity index (χ1) is 16.5. The second kappa shape index (κ2) is 13.3. The molecule has 1 heterocycles. The maximum atomic E-state index is 13.6. The fourth-order valence-corrected chi connectivity index (χ4v) is 6.15. The molecule has 0 aromatic carbocycles. The predicted octanol–water partition coefficient (Wildman–Crippen LogP) is 5.51. The zero-order valence-corrected chi connectivity index (χ0v) is 21.5. The van der Waals surface area contributed by atoms with Crippen LogP contribution in [0.4, 0.5) is 0 Å². The Labute approximate surface area is 206 Å². The summed E-state index contributed by atoms with van der Waals surface area (Å²) in [6, 6.07) is 0. The Kier molecular flexibility index (Phi) is 10.5. The number of carbonyl (C=O) groups excluding carboxylic acids is 3. The Morgan fingerprint density at radius 2 is 1.82 bits per heavy atom. The van der Waals surface area contributed by atoms with Gasteiger partial charge in [0.25, 0.3) is 0 Å². The number of fused-ring (bicyclic) bond motifs is 1. The molecule has 2 amide bonds. The second-order valence-electron chi connectivity index (χ2n) is 10.6. The van der Waals surface area contributed by atoms with Gasteiger partial charge in [-0.2, -0.15) is 0 Å². The zero-order chi connectivity index (χ0) is 24.4. The highest BCUT2D eigenvalue weighted by Crippen LogP contribution is 2.51. The Morgan fingerprint density at radius 3 is 2.56 bits per heavy atom. The first-order valence-electron chi connectivity index (χ1n) is 14.0. The van der Waals surface area contributed by atoms with Crippen molar-refractivity contribution in [3.8, 4) is 0 Å². The van der Waals surface area contributed by atoms with Gasteiger partial charge in [-0.25, -0.2) is 0 Å². The summed E-state index contributed by atoms with van der Waals surface area (Å²) >= 11 is 0. The molecule has 0 aromatic heterocycles. The van der Waals surface area contributed by atoms with Gasteiger partial charge in [-0.05, 0) is 51.4 Å². The number of nitrogens with zero attached hydrogens (tertiary/aromatic N) is 1. The molecule has 0 radical (unpaired) electrons. The van der Waals surface area contributed by atoms with Gasteiger partial charge in [0.15, 0.2) is 0 Å². The SMILES string of the molecule is CCCCCCCCN1C(=O)[C@H](CC(=O)NCC2CCCCC2)C[C@@]2(C(=O)OCC)CCC=C12. The van der Waals surface area contributed by atoms with Gasteiger partial charge in [0.05, 0.1) is 6.61 Å². The maximum Gasteiger partial charge on any atom is 0.318 e. The van der Waals surface area contributed by atoms with E-state index >= 15 is 0 Å². The van der Waals surface area contributed by atoms with Crippen LogP contribution in [0, 0.1) is 17.3 Å². The normalized spacial score (nSPS) is 25.1. The largest absolute Gasteiger partial charge is 0.465 e. The first-order valence-corrected chi connectivity index (χ1v) is 14.0. The van der Waals surface area contributed by atoms with Gasteiger partial charge < -0.3 is 15.0 Å². The first kappa shape index (κ1) is 26.7. The number of hydrogen-bond acceptors (Lipinski definition) is 4. The van der Waals surface area contributed by atoms with E-state index in [1.807, 2.05) is 11.8 Å². The summed E-state index contributed by atoms with van der Waals surface area (Å²) in [5.41, 5.74) is 0.0591. The fourth-order valence-electron chi connectivity index (χ4n) is 6.15. The number of allylic oxidation sites excluding steroid dienone is 1. The minimum Gasteiger partial charge on any atom is -0.465 e. The van der Waals surface area contributed by atoms with Gasteiger partial charge in [-0.3, -0.25) is 14.4 Å². The number of carbonyl (C=O) groups is 3. The average molecular weight is 475 g/mol. The van der Waals surface area contributed by atoms with Gasteiger partial charge in [0.1, 0.15) is 5.41 Å². The van der Waals surface area contributed by atoms with Crippen molar-refractivity contribution in [2.24, 2.45) is 17.3 Å². The monoisotopic (exact) mass is 474 g/mol. The number of rotatable bonds is 13. The van der Waals surface area contributed by atoms with Crippen LogP contribution in [0.1, 0.15) is 110 Å². The molecule has 6 nitrogen and oxygen atoms in total. The van der Waals surface area contributed by atoms with Crippen molar-refractivity contribution in [3.63, 3.8) is 0 Å². The van der Waals surface area contributed by atoms with E-state index in [4.69, 9.17) is 4.74 Å². The molecule has 0 bridgehead atoms. The number of amides is 2. The van der Waals surface area contributed by atoms with E-state index in [0.29, 0.717) is 38.5 Å². The highest BCUT2D eigenvalue weighted by Gasteiger charge is 2.55. The summed E-state index contributed by atoms with van der Waals surface area (Å²) in [6.45, 7) is 5.68. The van der Waals surface area contributed by atoms with Crippen molar-refractivity contribution in [2.45, 2.75) is 110 Å². The van der Waals surface area contributed by atoms with Gasteiger partial charge in [-0.15, -0.1) is 0 Å². The van der Waals surface area contributed by atoms with Crippen LogP contribution in [0.3, 0.4) is 0 Å². The van der Waals surface area contributed by atoms with Crippen molar-refractivity contribution < 1.29 is 19.1 Å². The minimum atomic E-state index is -0.777. The van der Waals surface area contributed by atoms with Crippen LogP contribution in [-0.4, -0.2) is 42.4 Å². The molecule has 3 aliphatic rings. The molecule has 1 N–H and O–H groups in total. The molecule has 1 saturated heterocycles. The molecule has 0 unspecified atom stereocenters.